The molecule has 22 heavy (non-hydrogen) atoms. The highest BCUT2D eigenvalue weighted by molar-refractivity contribution is 5.96. The number of hydrogen-bond acceptors (Lipinski definition) is 2. The summed E-state index contributed by atoms with van der Waals surface area (Å²) in [6, 6.07) is 17.3. The number of rotatable bonds is 4. The van der Waals surface area contributed by atoms with E-state index in [1.165, 1.54) is 12.5 Å². The van der Waals surface area contributed by atoms with Gasteiger partial charge >= 0.3 is 0 Å². The van der Waals surface area contributed by atoms with E-state index >= 15 is 0 Å². The SMILES string of the molecule is CC(=O)Nc1cccc(NC(=O)[C@H]2C[C@H]2c2ccccc2)c1. The van der Waals surface area contributed by atoms with Crippen molar-refractivity contribution in [1.82, 2.24) is 0 Å². The number of carbonyl (C=O) groups excluding carboxylic acids is 2. The van der Waals surface area contributed by atoms with Crippen LogP contribution in [0.25, 0.3) is 0 Å². The molecular formula is C18H18N2O2. The maximum atomic E-state index is 12.3. The molecule has 0 radical (unpaired) electrons. The smallest absolute Gasteiger partial charge is 0.228 e. The third-order valence-electron chi connectivity index (χ3n) is 3.81. The van der Waals surface area contributed by atoms with Crippen LogP contribution in [0, 0.1) is 5.92 Å². The van der Waals surface area contributed by atoms with Gasteiger partial charge in [0.2, 0.25) is 11.8 Å². The molecule has 2 N–H and O–H groups in total. The molecule has 4 nitrogen and oxygen atoms in total. The van der Waals surface area contributed by atoms with Crippen LogP contribution in [0.3, 0.4) is 0 Å². The average Bonchev–Trinajstić information content (AvgIpc) is 3.28. The number of anilines is 2. The maximum absolute atomic E-state index is 12.3. The van der Waals surface area contributed by atoms with Crippen molar-refractivity contribution in [2.24, 2.45) is 5.92 Å². The summed E-state index contributed by atoms with van der Waals surface area (Å²) in [5.41, 5.74) is 2.60. The first-order valence-electron chi connectivity index (χ1n) is 7.37. The maximum Gasteiger partial charge on any atom is 0.228 e. The zero-order chi connectivity index (χ0) is 15.5. The number of amides is 2. The fourth-order valence-electron chi connectivity index (χ4n) is 2.67. The van der Waals surface area contributed by atoms with E-state index < -0.39 is 0 Å². The molecule has 2 amide bonds. The van der Waals surface area contributed by atoms with Crippen molar-refractivity contribution in [2.45, 2.75) is 19.3 Å². The van der Waals surface area contributed by atoms with Crippen LogP contribution in [0.5, 0.6) is 0 Å². The summed E-state index contributed by atoms with van der Waals surface area (Å²) in [7, 11) is 0. The first-order chi connectivity index (χ1) is 10.6. The van der Waals surface area contributed by atoms with Gasteiger partial charge in [0.1, 0.15) is 0 Å². The molecule has 0 bridgehead atoms. The van der Waals surface area contributed by atoms with Gasteiger partial charge in [-0.1, -0.05) is 36.4 Å². The molecule has 0 aromatic heterocycles. The second-order valence-electron chi connectivity index (χ2n) is 5.61. The van der Waals surface area contributed by atoms with Crippen molar-refractivity contribution in [3.05, 3.63) is 60.2 Å². The lowest BCUT2D eigenvalue weighted by Crippen LogP contribution is -2.15. The van der Waals surface area contributed by atoms with Crippen molar-refractivity contribution in [3.63, 3.8) is 0 Å². The number of benzene rings is 2. The molecule has 1 saturated carbocycles. The fourth-order valence-corrected chi connectivity index (χ4v) is 2.67. The van der Waals surface area contributed by atoms with Gasteiger partial charge in [0.15, 0.2) is 0 Å². The second-order valence-corrected chi connectivity index (χ2v) is 5.61. The van der Waals surface area contributed by atoms with E-state index in [-0.39, 0.29) is 17.7 Å². The molecule has 2 aromatic rings. The number of hydrogen-bond donors (Lipinski definition) is 2. The zero-order valence-corrected chi connectivity index (χ0v) is 12.4. The monoisotopic (exact) mass is 294 g/mol. The lowest BCUT2D eigenvalue weighted by atomic mass is 10.1. The molecule has 112 valence electrons. The van der Waals surface area contributed by atoms with Gasteiger partial charge in [0, 0.05) is 24.2 Å². The molecule has 0 unspecified atom stereocenters. The summed E-state index contributed by atoms with van der Waals surface area (Å²) in [6.45, 7) is 1.46. The van der Waals surface area contributed by atoms with Gasteiger partial charge in [-0.25, -0.2) is 0 Å². The highest BCUT2D eigenvalue weighted by Crippen LogP contribution is 2.47. The van der Waals surface area contributed by atoms with Crippen molar-refractivity contribution < 1.29 is 9.59 Å². The van der Waals surface area contributed by atoms with E-state index in [1.54, 1.807) is 12.1 Å². The van der Waals surface area contributed by atoms with Gasteiger partial charge in [-0.3, -0.25) is 9.59 Å². The quantitative estimate of drug-likeness (QED) is 0.908. The average molecular weight is 294 g/mol. The Morgan fingerprint density at radius 3 is 2.32 bits per heavy atom. The molecule has 2 atom stereocenters. The van der Waals surface area contributed by atoms with Crippen LogP contribution < -0.4 is 10.6 Å². The molecule has 0 spiro atoms. The summed E-state index contributed by atoms with van der Waals surface area (Å²) < 4.78 is 0. The minimum Gasteiger partial charge on any atom is -0.326 e. The number of nitrogens with one attached hydrogen (secondary N) is 2. The Morgan fingerprint density at radius 2 is 1.64 bits per heavy atom. The van der Waals surface area contributed by atoms with Gasteiger partial charge in [-0.15, -0.1) is 0 Å². The fraction of sp³-hybridized carbons (Fsp3) is 0.222. The molecule has 1 fully saturated rings. The van der Waals surface area contributed by atoms with Gasteiger partial charge in [-0.05, 0) is 36.1 Å². The Hall–Kier alpha value is -2.62. The van der Waals surface area contributed by atoms with E-state index in [9.17, 15) is 9.59 Å². The van der Waals surface area contributed by atoms with Crippen LogP contribution in [-0.2, 0) is 9.59 Å². The molecule has 0 saturated heterocycles. The molecule has 4 heteroatoms. The summed E-state index contributed by atoms with van der Waals surface area (Å²) in [4.78, 5) is 23.4. The van der Waals surface area contributed by atoms with Gasteiger partial charge in [0.05, 0.1) is 0 Å². The van der Waals surface area contributed by atoms with Gasteiger partial charge in [0.25, 0.3) is 0 Å². The summed E-state index contributed by atoms with van der Waals surface area (Å²) in [5.74, 6) is 0.259. The van der Waals surface area contributed by atoms with Crippen LogP contribution in [0.1, 0.15) is 24.8 Å². The minimum atomic E-state index is -0.130. The molecule has 1 aliphatic carbocycles. The standard InChI is InChI=1S/C18H18N2O2/c1-12(21)19-14-8-5-9-15(10-14)20-18(22)17-11-16(17)13-6-3-2-4-7-13/h2-10,16-17H,11H2,1H3,(H,19,21)(H,20,22)/t16-,17-/m0/s1. The van der Waals surface area contributed by atoms with Crippen LogP contribution in [0.15, 0.2) is 54.6 Å². The molecule has 2 aromatic carbocycles. The summed E-state index contributed by atoms with van der Waals surface area (Å²) >= 11 is 0. The first kappa shape index (κ1) is 14.3. The number of carbonyl (C=O) groups is 2. The van der Waals surface area contributed by atoms with Crippen LogP contribution in [-0.4, -0.2) is 11.8 Å². The van der Waals surface area contributed by atoms with Crippen molar-refractivity contribution in [2.75, 3.05) is 10.6 Å². The normalized spacial score (nSPS) is 19.3. The van der Waals surface area contributed by atoms with Crippen molar-refractivity contribution in [3.8, 4) is 0 Å². The first-order valence-corrected chi connectivity index (χ1v) is 7.37. The topological polar surface area (TPSA) is 58.2 Å². The largest absolute Gasteiger partial charge is 0.326 e. The third kappa shape index (κ3) is 3.34. The zero-order valence-electron chi connectivity index (χ0n) is 12.4. The Bertz CT molecular complexity index is 697. The Labute approximate surface area is 129 Å². The van der Waals surface area contributed by atoms with E-state index in [4.69, 9.17) is 0 Å². The summed E-state index contributed by atoms with van der Waals surface area (Å²) in [5, 5.41) is 5.63. The Balaban J connectivity index is 1.62. The van der Waals surface area contributed by atoms with E-state index in [2.05, 4.69) is 22.8 Å². The van der Waals surface area contributed by atoms with E-state index in [1.807, 2.05) is 30.3 Å². The van der Waals surface area contributed by atoms with Crippen molar-refractivity contribution in [1.29, 1.82) is 0 Å². The molecule has 0 heterocycles. The lowest BCUT2D eigenvalue weighted by molar-refractivity contribution is -0.117. The summed E-state index contributed by atoms with van der Waals surface area (Å²) in [6.07, 6.45) is 0.890. The lowest BCUT2D eigenvalue weighted by Gasteiger charge is -2.08. The molecule has 0 aliphatic heterocycles. The van der Waals surface area contributed by atoms with E-state index in [0.717, 1.165) is 6.42 Å². The van der Waals surface area contributed by atoms with Gasteiger partial charge < -0.3 is 10.6 Å². The molecular weight excluding hydrogens is 276 g/mol. The van der Waals surface area contributed by atoms with Crippen molar-refractivity contribution >= 4 is 23.2 Å². The second kappa shape index (κ2) is 6.02. The third-order valence-corrected chi connectivity index (χ3v) is 3.81. The molecule has 3 rings (SSSR count). The van der Waals surface area contributed by atoms with Crippen LogP contribution in [0.2, 0.25) is 0 Å². The van der Waals surface area contributed by atoms with Crippen LogP contribution in [0.4, 0.5) is 11.4 Å². The predicted octanol–water partition coefficient (Wildman–Crippen LogP) is 3.39. The highest BCUT2D eigenvalue weighted by Gasteiger charge is 2.43. The van der Waals surface area contributed by atoms with E-state index in [0.29, 0.717) is 17.3 Å². The Kier molecular flexibility index (Phi) is 3.92. The Morgan fingerprint density at radius 1 is 0.955 bits per heavy atom. The highest BCUT2D eigenvalue weighted by atomic mass is 16.2. The van der Waals surface area contributed by atoms with Gasteiger partial charge in [-0.2, -0.15) is 0 Å². The predicted molar refractivity (Wildman–Crippen MR) is 86.7 cm³/mol. The van der Waals surface area contributed by atoms with Crippen LogP contribution >= 0.6 is 0 Å². The molecule has 1 aliphatic rings. The minimum absolute atomic E-state index is 0.0341.